The smallest absolute Gasteiger partial charge is 0.0297 e. The molecule has 2 aliphatic rings. The van der Waals surface area contributed by atoms with Gasteiger partial charge < -0.3 is 5.32 Å². The molecule has 21 heavy (non-hydrogen) atoms. The summed E-state index contributed by atoms with van der Waals surface area (Å²) >= 11 is 0. The van der Waals surface area contributed by atoms with E-state index in [1.54, 1.807) is 0 Å². The van der Waals surface area contributed by atoms with Crippen LogP contribution in [0.4, 0.5) is 0 Å². The molecule has 0 saturated heterocycles. The van der Waals surface area contributed by atoms with Crippen LogP contribution >= 0.6 is 0 Å². The molecule has 116 valence electrons. The Hall–Kier alpha value is -0.820. The van der Waals surface area contributed by atoms with Crippen molar-refractivity contribution in [2.45, 2.75) is 77.8 Å². The highest BCUT2D eigenvalue weighted by Crippen LogP contribution is 2.40. The molecule has 0 spiro atoms. The zero-order valence-electron chi connectivity index (χ0n) is 14.0. The Balaban J connectivity index is 1.62. The maximum absolute atomic E-state index is 3.94. The Bertz CT molecular complexity index is 479. The highest BCUT2D eigenvalue weighted by atomic mass is 14.9. The average Bonchev–Trinajstić information content (AvgIpc) is 2.49. The lowest BCUT2D eigenvalue weighted by Crippen LogP contribution is -2.40. The van der Waals surface area contributed by atoms with E-state index in [1.165, 1.54) is 61.6 Å². The first-order valence-electron chi connectivity index (χ1n) is 8.96. The van der Waals surface area contributed by atoms with Gasteiger partial charge >= 0.3 is 0 Å². The van der Waals surface area contributed by atoms with Crippen molar-refractivity contribution in [1.29, 1.82) is 0 Å². The summed E-state index contributed by atoms with van der Waals surface area (Å²) < 4.78 is 0. The van der Waals surface area contributed by atoms with E-state index in [4.69, 9.17) is 0 Å². The lowest BCUT2D eigenvalue weighted by atomic mass is 9.69. The predicted molar refractivity (Wildman–Crippen MR) is 90.6 cm³/mol. The number of fused-ring (bicyclic) bond motifs is 1. The molecule has 1 aromatic carbocycles. The van der Waals surface area contributed by atoms with E-state index >= 15 is 0 Å². The molecular weight excluding hydrogens is 254 g/mol. The number of rotatable bonds is 3. The van der Waals surface area contributed by atoms with Crippen LogP contribution in [0.1, 0.15) is 74.6 Å². The second kappa shape index (κ2) is 6.52. The van der Waals surface area contributed by atoms with Crippen LogP contribution in [-0.4, -0.2) is 6.04 Å². The van der Waals surface area contributed by atoms with Crippen molar-refractivity contribution in [2.24, 2.45) is 11.8 Å². The third kappa shape index (κ3) is 3.51. The van der Waals surface area contributed by atoms with Crippen molar-refractivity contribution in [3.63, 3.8) is 0 Å². The van der Waals surface area contributed by atoms with E-state index in [1.807, 2.05) is 0 Å². The SMILES string of the molecule is Cc1ccc(C)c(C(C)NC2CCC3CCCCC3C2)c1. The minimum atomic E-state index is 0.482. The van der Waals surface area contributed by atoms with Gasteiger partial charge in [-0.1, -0.05) is 49.4 Å². The van der Waals surface area contributed by atoms with Gasteiger partial charge in [0, 0.05) is 12.1 Å². The summed E-state index contributed by atoms with van der Waals surface area (Å²) in [4.78, 5) is 0. The molecule has 2 aliphatic carbocycles. The van der Waals surface area contributed by atoms with Crippen LogP contribution in [0.25, 0.3) is 0 Å². The lowest BCUT2D eigenvalue weighted by molar-refractivity contribution is 0.139. The molecule has 0 heterocycles. The standard InChI is InChI=1S/C20H31N/c1-14-8-9-15(2)20(12-14)16(3)21-19-11-10-17-6-4-5-7-18(17)13-19/h8-9,12,16-19,21H,4-7,10-11,13H2,1-3H3. The van der Waals surface area contributed by atoms with E-state index in [2.05, 4.69) is 44.3 Å². The Labute approximate surface area is 130 Å². The van der Waals surface area contributed by atoms with E-state index in [9.17, 15) is 0 Å². The molecular formula is C20H31N. The van der Waals surface area contributed by atoms with Crippen LogP contribution in [0, 0.1) is 25.7 Å². The molecule has 1 nitrogen and oxygen atoms in total. The van der Waals surface area contributed by atoms with Gasteiger partial charge in [-0.15, -0.1) is 0 Å². The van der Waals surface area contributed by atoms with Crippen molar-refractivity contribution in [1.82, 2.24) is 5.32 Å². The fraction of sp³-hybridized carbons (Fsp3) is 0.700. The zero-order chi connectivity index (χ0) is 14.8. The first-order valence-corrected chi connectivity index (χ1v) is 8.96. The van der Waals surface area contributed by atoms with E-state index in [0.717, 1.165) is 17.9 Å². The Morgan fingerprint density at radius 3 is 2.57 bits per heavy atom. The molecule has 2 fully saturated rings. The highest BCUT2D eigenvalue weighted by molar-refractivity contribution is 5.32. The predicted octanol–water partition coefficient (Wildman–Crippen LogP) is 5.31. The van der Waals surface area contributed by atoms with E-state index in [-0.39, 0.29) is 0 Å². The molecule has 0 bridgehead atoms. The van der Waals surface area contributed by atoms with Crippen LogP contribution in [0.2, 0.25) is 0 Å². The number of hydrogen-bond acceptors (Lipinski definition) is 1. The Morgan fingerprint density at radius 2 is 1.76 bits per heavy atom. The van der Waals surface area contributed by atoms with Gasteiger partial charge in [-0.2, -0.15) is 0 Å². The van der Waals surface area contributed by atoms with Gasteiger partial charge in [0.1, 0.15) is 0 Å². The molecule has 0 radical (unpaired) electrons. The summed E-state index contributed by atoms with van der Waals surface area (Å²) in [6.07, 6.45) is 10.2. The fourth-order valence-electron chi connectivity index (χ4n) is 4.69. The highest BCUT2D eigenvalue weighted by Gasteiger charge is 2.32. The minimum absolute atomic E-state index is 0.482. The third-order valence-corrected chi connectivity index (χ3v) is 5.93. The summed E-state index contributed by atoms with van der Waals surface area (Å²) in [5.74, 6) is 2.06. The first-order chi connectivity index (χ1) is 10.1. The largest absolute Gasteiger partial charge is 0.307 e. The molecule has 0 aliphatic heterocycles. The van der Waals surface area contributed by atoms with Crippen LogP contribution in [-0.2, 0) is 0 Å². The van der Waals surface area contributed by atoms with Gasteiger partial charge in [-0.3, -0.25) is 0 Å². The van der Waals surface area contributed by atoms with Crippen LogP contribution in [0.15, 0.2) is 18.2 Å². The maximum Gasteiger partial charge on any atom is 0.0297 e. The lowest BCUT2D eigenvalue weighted by Gasteiger charge is -2.40. The van der Waals surface area contributed by atoms with Gasteiger partial charge in [-0.05, 0) is 63.0 Å². The topological polar surface area (TPSA) is 12.0 Å². The van der Waals surface area contributed by atoms with Gasteiger partial charge in [0.25, 0.3) is 0 Å². The maximum atomic E-state index is 3.94. The fourth-order valence-corrected chi connectivity index (χ4v) is 4.69. The summed E-state index contributed by atoms with van der Waals surface area (Å²) in [5, 5.41) is 3.94. The normalized spacial score (nSPS) is 30.7. The molecule has 2 saturated carbocycles. The van der Waals surface area contributed by atoms with E-state index < -0.39 is 0 Å². The van der Waals surface area contributed by atoms with E-state index in [0.29, 0.717) is 6.04 Å². The van der Waals surface area contributed by atoms with Crippen molar-refractivity contribution in [3.8, 4) is 0 Å². The van der Waals surface area contributed by atoms with Crippen molar-refractivity contribution in [2.75, 3.05) is 0 Å². The molecule has 3 rings (SSSR count). The van der Waals surface area contributed by atoms with Gasteiger partial charge in [-0.25, -0.2) is 0 Å². The molecule has 4 unspecified atom stereocenters. The summed E-state index contributed by atoms with van der Waals surface area (Å²) in [6.45, 7) is 6.78. The zero-order valence-corrected chi connectivity index (χ0v) is 14.0. The minimum Gasteiger partial charge on any atom is -0.307 e. The number of benzene rings is 1. The number of hydrogen-bond donors (Lipinski definition) is 1. The molecule has 4 atom stereocenters. The monoisotopic (exact) mass is 285 g/mol. The second-order valence-electron chi connectivity index (χ2n) is 7.56. The summed E-state index contributed by atoms with van der Waals surface area (Å²) in [6, 6.07) is 8.06. The molecule has 0 amide bonds. The number of aryl methyl sites for hydroxylation is 2. The Kier molecular flexibility index (Phi) is 4.69. The van der Waals surface area contributed by atoms with Crippen molar-refractivity contribution < 1.29 is 0 Å². The Morgan fingerprint density at radius 1 is 1.00 bits per heavy atom. The molecule has 1 N–H and O–H groups in total. The van der Waals surface area contributed by atoms with Gasteiger partial charge in [0.15, 0.2) is 0 Å². The quantitative estimate of drug-likeness (QED) is 0.793. The van der Waals surface area contributed by atoms with Crippen molar-refractivity contribution in [3.05, 3.63) is 34.9 Å². The van der Waals surface area contributed by atoms with Crippen molar-refractivity contribution >= 4 is 0 Å². The van der Waals surface area contributed by atoms with Gasteiger partial charge in [0.2, 0.25) is 0 Å². The number of nitrogens with one attached hydrogen (secondary N) is 1. The van der Waals surface area contributed by atoms with Gasteiger partial charge in [0.05, 0.1) is 0 Å². The molecule has 1 aromatic rings. The summed E-state index contributed by atoms with van der Waals surface area (Å²) in [7, 11) is 0. The van der Waals surface area contributed by atoms with Crippen LogP contribution in [0.3, 0.4) is 0 Å². The third-order valence-electron chi connectivity index (χ3n) is 5.93. The van der Waals surface area contributed by atoms with Crippen LogP contribution < -0.4 is 5.32 Å². The molecule has 0 aromatic heterocycles. The molecule has 1 heteroatoms. The first kappa shape index (κ1) is 15.1. The van der Waals surface area contributed by atoms with Crippen LogP contribution in [0.5, 0.6) is 0 Å². The second-order valence-corrected chi connectivity index (χ2v) is 7.56. The summed E-state index contributed by atoms with van der Waals surface area (Å²) in [5.41, 5.74) is 4.29. The average molecular weight is 285 g/mol.